The van der Waals surface area contributed by atoms with Crippen LogP contribution in [0, 0.1) is 0 Å². The van der Waals surface area contributed by atoms with Gasteiger partial charge in [0.15, 0.2) is 0 Å². The molecule has 0 amide bonds. The first-order valence-corrected chi connectivity index (χ1v) is 6.44. The first kappa shape index (κ1) is 15.9. The van der Waals surface area contributed by atoms with Crippen LogP contribution < -0.4 is 5.56 Å². The summed E-state index contributed by atoms with van der Waals surface area (Å²) in [6.07, 6.45) is 1.81. The zero-order valence-electron chi connectivity index (χ0n) is 11.7. The molecule has 0 fully saturated rings. The summed E-state index contributed by atoms with van der Waals surface area (Å²) >= 11 is 0. The second-order valence-corrected chi connectivity index (χ2v) is 3.81. The van der Waals surface area contributed by atoms with Gasteiger partial charge in [-0.05, 0) is 18.9 Å². The molecule has 0 aliphatic rings. The van der Waals surface area contributed by atoms with Crippen molar-refractivity contribution >= 4 is 0 Å². The van der Waals surface area contributed by atoms with Crippen LogP contribution in [0.4, 0.5) is 0 Å². The van der Waals surface area contributed by atoms with Gasteiger partial charge in [-0.2, -0.15) is 0 Å². The van der Waals surface area contributed by atoms with E-state index in [4.69, 9.17) is 4.74 Å². The van der Waals surface area contributed by atoms with Crippen molar-refractivity contribution < 1.29 is 4.74 Å². The monoisotopic (exact) mass is 239 g/mol. The topological polar surface area (TPSA) is 31.2 Å². The number of hydrogen-bond donors (Lipinski definition) is 0. The van der Waals surface area contributed by atoms with Crippen molar-refractivity contribution in [1.82, 2.24) is 4.57 Å². The van der Waals surface area contributed by atoms with Crippen LogP contribution >= 0.6 is 0 Å². The SMILES string of the molecule is CC.CCOCCn1cccc(C(C)C)c1=O. The zero-order chi connectivity index (χ0) is 13.3. The largest absolute Gasteiger partial charge is 0.380 e. The summed E-state index contributed by atoms with van der Waals surface area (Å²) in [5, 5.41) is 0. The Morgan fingerprint density at radius 2 is 2.00 bits per heavy atom. The molecule has 1 aromatic heterocycles. The Balaban J connectivity index is 0.00000121. The molecule has 0 aliphatic carbocycles. The van der Waals surface area contributed by atoms with Crippen LogP contribution in [-0.4, -0.2) is 17.8 Å². The number of hydrogen-bond acceptors (Lipinski definition) is 2. The minimum atomic E-state index is 0.104. The Morgan fingerprint density at radius 1 is 1.35 bits per heavy atom. The maximum Gasteiger partial charge on any atom is 0.254 e. The van der Waals surface area contributed by atoms with E-state index < -0.39 is 0 Å². The van der Waals surface area contributed by atoms with Gasteiger partial charge in [-0.15, -0.1) is 0 Å². The van der Waals surface area contributed by atoms with Gasteiger partial charge >= 0.3 is 0 Å². The van der Waals surface area contributed by atoms with E-state index >= 15 is 0 Å². The number of nitrogens with zero attached hydrogens (tertiary/aromatic N) is 1. The normalized spacial score (nSPS) is 10.0. The van der Waals surface area contributed by atoms with Gasteiger partial charge in [-0.1, -0.05) is 33.8 Å². The standard InChI is InChI=1S/C12H19NO2.C2H6/c1-4-15-9-8-13-7-5-6-11(10(2)3)12(13)14;1-2/h5-7,10H,4,8-9H2,1-3H3;1-2H3. The van der Waals surface area contributed by atoms with Crippen molar-refractivity contribution in [2.24, 2.45) is 0 Å². The molecule has 0 saturated heterocycles. The second-order valence-electron chi connectivity index (χ2n) is 3.81. The first-order chi connectivity index (χ1) is 8.16. The molecule has 0 unspecified atom stereocenters. The molecule has 0 atom stereocenters. The molecule has 17 heavy (non-hydrogen) atoms. The summed E-state index contributed by atoms with van der Waals surface area (Å²) in [4.78, 5) is 11.9. The Bertz CT molecular complexity index is 355. The molecule has 0 N–H and O–H groups in total. The molecule has 3 nitrogen and oxygen atoms in total. The van der Waals surface area contributed by atoms with Crippen LogP contribution in [0.25, 0.3) is 0 Å². The van der Waals surface area contributed by atoms with Crippen molar-refractivity contribution in [1.29, 1.82) is 0 Å². The van der Waals surface area contributed by atoms with E-state index in [1.54, 1.807) is 4.57 Å². The number of rotatable bonds is 5. The van der Waals surface area contributed by atoms with Crippen LogP contribution in [0.2, 0.25) is 0 Å². The molecule has 0 aromatic carbocycles. The third kappa shape index (κ3) is 5.18. The van der Waals surface area contributed by atoms with Gasteiger partial charge in [-0.3, -0.25) is 4.79 Å². The molecule has 0 saturated carbocycles. The van der Waals surface area contributed by atoms with E-state index in [1.165, 1.54) is 0 Å². The quantitative estimate of drug-likeness (QED) is 0.740. The fourth-order valence-corrected chi connectivity index (χ4v) is 1.48. The molecular weight excluding hydrogens is 214 g/mol. The van der Waals surface area contributed by atoms with Crippen molar-refractivity contribution in [3.8, 4) is 0 Å². The molecule has 1 aromatic rings. The van der Waals surface area contributed by atoms with Gasteiger partial charge in [0.2, 0.25) is 0 Å². The summed E-state index contributed by atoms with van der Waals surface area (Å²) in [7, 11) is 0. The maximum atomic E-state index is 11.9. The van der Waals surface area contributed by atoms with Gasteiger partial charge in [-0.25, -0.2) is 0 Å². The number of pyridine rings is 1. The summed E-state index contributed by atoms with van der Waals surface area (Å²) < 4.78 is 6.95. The Hall–Kier alpha value is -1.09. The number of aromatic nitrogens is 1. The third-order valence-corrected chi connectivity index (χ3v) is 2.35. The minimum Gasteiger partial charge on any atom is -0.380 e. The average Bonchev–Trinajstić information content (AvgIpc) is 2.34. The van der Waals surface area contributed by atoms with Crippen molar-refractivity contribution in [2.45, 2.75) is 47.1 Å². The highest BCUT2D eigenvalue weighted by atomic mass is 16.5. The van der Waals surface area contributed by atoms with E-state index in [9.17, 15) is 4.79 Å². The van der Waals surface area contributed by atoms with E-state index in [1.807, 2.05) is 52.9 Å². The van der Waals surface area contributed by atoms with Crippen LogP contribution in [-0.2, 0) is 11.3 Å². The molecule has 1 heterocycles. The molecule has 0 spiro atoms. The van der Waals surface area contributed by atoms with Crippen molar-refractivity contribution in [3.05, 3.63) is 34.2 Å². The van der Waals surface area contributed by atoms with Crippen LogP contribution in [0.5, 0.6) is 0 Å². The van der Waals surface area contributed by atoms with E-state index in [2.05, 4.69) is 0 Å². The fourth-order valence-electron chi connectivity index (χ4n) is 1.48. The van der Waals surface area contributed by atoms with Crippen molar-refractivity contribution in [2.75, 3.05) is 13.2 Å². The molecule has 3 heteroatoms. The van der Waals surface area contributed by atoms with E-state index in [0.29, 0.717) is 19.8 Å². The number of ether oxygens (including phenoxy) is 1. The zero-order valence-corrected chi connectivity index (χ0v) is 11.7. The predicted molar refractivity (Wildman–Crippen MR) is 72.6 cm³/mol. The lowest BCUT2D eigenvalue weighted by Crippen LogP contribution is -2.25. The van der Waals surface area contributed by atoms with E-state index in [0.717, 1.165) is 5.56 Å². The highest BCUT2D eigenvalue weighted by molar-refractivity contribution is 5.14. The Labute approximate surface area is 104 Å². The van der Waals surface area contributed by atoms with Gasteiger partial charge in [0.1, 0.15) is 0 Å². The average molecular weight is 239 g/mol. The van der Waals surface area contributed by atoms with Crippen LogP contribution in [0.1, 0.15) is 46.1 Å². The summed E-state index contributed by atoms with van der Waals surface area (Å²) in [6.45, 7) is 11.9. The second kappa shape index (κ2) is 8.99. The van der Waals surface area contributed by atoms with Crippen LogP contribution in [0.3, 0.4) is 0 Å². The van der Waals surface area contributed by atoms with Gasteiger partial charge in [0, 0.05) is 24.9 Å². The van der Waals surface area contributed by atoms with Gasteiger partial charge < -0.3 is 9.30 Å². The van der Waals surface area contributed by atoms with Crippen LogP contribution in [0.15, 0.2) is 23.1 Å². The molecule has 98 valence electrons. The first-order valence-electron chi connectivity index (χ1n) is 6.44. The maximum absolute atomic E-state index is 11.9. The molecule has 0 aliphatic heterocycles. The third-order valence-electron chi connectivity index (χ3n) is 2.35. The van der Waals surface area contributed by atoms with Crippen molar-refractivity contribution in [3.63, 3.8) is 0 Å². The molecule has 0 radical (unpaired) electrons. The molecule has 1 rings (SSSR count). The predicted octanol–water partition coefficient (Wildman–Crippen LogP) is 3.03. The smallest absolute Gasteiger partial charge is 0.254 e. The lowest BCUT2D eigenvalue weighted by Gasteiger charge is -2.09. The fraction of sp³-hybridized carbons (Fsp3) is 0.643. The summed E-state index contributed by atoms with van der Waals surface area (Å²) in [6, 6.07) is 3.81. The Morgan fingerprint density at radius 3 is 2.53 bits per heavy atom. The summed E-state index contributed by atoms with van der Waals surface area (Å²) in [5.41, 5.74) is 0.973. The lowest BCUT2D eigenvalue weighted by atomic mass is 10.1. The lowest BCUT2D eigenvalue weighted by molar-refractivity contribution is 0.138. The van der Waals surface area contributed by atoms with E-state index in [-0.39, 0.29) is 11.5 Å². The minimum absolute atomic E-state index is 0.104. The highest BCUT2D eigenvalue weighted by Gasteiger charge is 2.06. The molecule has 0 bridgehead atoms. The van der Waals surface area contributed by atoms with Gasteiger partial charge in [0.25, 0.3) is 5.56 Å². The molecular formula is C14H25NO2. The Kier molecular flexibility index (Phi) is 8.42. The summed E-state index contributed by atoms with van der Waals surface area (Å²) in [5.74, 6) is 0.275. The highest BCUT2D eigenvalue weighted by Crippen LogP contribution is 2.07. The van der Waals surface area contributed by atoms with Gasteiger partial charge in [0.05, 0.1) is 6.61 Å².